The molecule has 0 amide bonds. The van der Waals surface area contributed by atoms with E-state index < -0.39 is 0 Å². The molecule has 0 saturated carbocycles. The van der Waals surface area contributed by atoms with Gasteiger partial charge in [0.1, 0.15) is 0 Å². The lowest BCUT2D eigenvalue weighted by atomic mass is 10.4. The van der Waals surface area contributed by atoms with E-state index in [-0.39, 0.29) is 0 Å². The van der Waals surface area contributed by atoms with E-state index in [9.17, 15) is 0 Å². The highest BCUT2D eigenvalue weighted by Gasteiger charge is 1.93. The summed E-state index contributed by atoms with van der Waals surface area (Å²) in [4.78, 5) is 3.77. The number of nitrogens with one attached hydrogen (secondary N) is 1. The zero-order valence-electron chi connectivity index (χ0n) is 6.22. The Balaban J connectivity index is 3.15. The molecule has 0 rings (SSSR count). The Labute approximate surface area is 56.1 Å². The van der Waals surface area contributed by atoms with E-state index in [0.717, 1.165) is 0 Å². The predicted molar refractivity (Wildman–Crippen MR) is 38.9 cm³/mol. The molecular formula is C6H14N2O. The average Bonchev–Trinajstić information content (AvgIpc) is 1.85. The van der Waals surface area contributed by atoms with Gasteiger partial charge in [0.05, 0.1) is 12.9 Å². The van der Waals surface area contributed by atoms with Gasteiger partial charge in [0.15, 0.2) is 0 Å². The van der Waals surface area contributed by atoms with Crippen molar-refractivity contribution in [2.45, 2.75) is 13.0 Å². The molecule has 3 nitrogen and oxygen atoms in total. The molecule has 54 valence electrons. The summed E-state index contributed by atoms with van der Waals surface area (Å²) in [5.74, 6) is 0. The molecule has 0 radical (unpaired) electrons. The summed E-state index contributed by atoms with van der Waals surface area (Å²) in [7, 11) is 3.41. The maximum atomic E-state index is 4.88. The van der Waals surface area contributed by atoms with Gasteiger partial charge in [-0.2, -0.15) is 0 Å². The fraction of sp³-hybridized carbons (Fsp3) is 0.833. The van der Waals surface area contributed by atoms with Crippen LogP contribution in [0.5, 0.6) is 0 Å². The van der Waals surface area contributed by atoms with Gasteiger partial charge in [0.25, 0.3) is 0 Å². The van der Waals surface area contributed by atoms with Gasteiger partial charge in [-0.15, -0.1) is 0 Å². The van der Waals surface area contributed by atoms with Crippen molar-refractivity contribution in [1.29, 1.82) is 0 Å². The first-order valence-electron chi connectivity index (χ1n) is 2.97. The number of ether oxygens (including phenoxy) is 1. The van der Waals surface area contributed by atoms with Crippen molar-refractivity contribution in [3.05, 3.63) is 0 Å². The number of aliphatic imine (C=N–C) groups is 1. The zero-order chi connectivity index (χ0) is 7.11. The van der Waals surface area contributed by atoms with E-state index in [1.165, 1.54) is 0 Å². The molecule has 0 bridgehead atoms. The Bertz CT molecular complexity index is 83.1. The first kappa shape index (κ1) is 8.43. The third-order valence-corrected chi connectivity index (χ3v) is 0.905. The second kappa shape index (κ2) is 5.56. The Morgan fingerprint density at radius 3 is 2.89 bits per heavy atom. The highest BCUT2D eigenvalue weighted by atomic mass is 16.5. The van der Waals surface area contributed by atoms with Gasteiger partial charge in [-0.1, -0.05) is 0 Å². The van der Waals surface area contributed by atoms with Crippen molar-refractivity contribution in [1.82, 2.24) is 5.32 Å². The van der Waals surface area contributed by atoms with Crippen LogP contribution in [0.4, 0.5) is 0 Å². The number of rotatable bonds is 4. The molecule has 0 spiro atoms. The first-order chi connectivity index (χ1) is 4.31. The Morgan fingerprint density at radius 2 is 2.44 bits per heavy atom. The van der Waals surface area contributed by atoms with E-state index in [1.807, 2.05) is 6.92 Å². The second-order valence-corrected chi connectivity index (χ2v) is 1.91. The molecule has 0 aliphatic rings. The molecule has 0 saturated heterocycles. The largest absolute Gasteiger partial charge is 0.383 e. The lowest BCUT2D eigenvalue weighted by molar-refractivity contribution is 0.179. The summed E-state index contributed by atoms with van der Waals surface area (Å²) in [5, 5.41) is 3.02. The molecule has 1 unspecified atom stereocenters. The molecule has 0 aromatic carbocycles. The van der Waals surface area contributed by atoms with Crippen molar-refractivity contribution in [2.24, 2.45) is 4.99 Å². The number of hydrogen-bond donors (Lipinski definition) is 1. The van der Waals surface area contributed by atoms with Crippen LogP contribution in [0.15, 0.2) is 4.99 Å². The predicted octanol–water partition coefficient (Wildman–Crippen LogP) is 0.269. The van der Waals surface area contributed by atoms with Crippen molar-refractivity contribution < 1.29 is 4.74 Å². The monoisotopic (exact) mass is 130 g/mol. The molecule has 0 aromatic rings. The SMILES string of the molecule is CN=CNC(C)COC. The summed E-state index contributed by atoms with van der Waals surface area (Å²) in [6.07, 6.45) is 1.67. The van der Waals surface area contributed by atoms with E-state index in [0.29, 0.717) is 12.6 Å². The van der Waals surface area contributed by atoms with Crippen LogP contribution in [0.3, 0.4) is 0 Å². The van der Waals surface area contributed by atoms with Crippen molar-refractivity contribution in [3.8, 4) is 0 Å². The minimum atomic E-state index is 0.346. The summed E-state index contributed by atoms with van der Waals surface area (Å²) in [6, 6.07) is 0.346. The van der Waals surface area contributed by atoms with E-state index >= 15 is 0 Å². The lowest BCUT2D eigenvalue weighted by Crippen LogP contribution is -2.28. The fourth-order valence-corrected chi connectivity index (χ4v) is 0.500. The molecule has 1 atom stereocenters. The minimum Gasteiger partial charge on any atom is -0.383 e. The van der Waals surface area contributed by atoms with Crippen LogP contribution in [0.25, 0.3) is 0 Å². The van der Waals surface area contributed by atoms with Crippen LogP contribution >= 0.6 is 0 Å². The first-order valence-corrected chi connectivity index (χ1v) is 2.97. The number of hydrogen-bond acceptors (Lipinski definition) is 2. The lowest BCUT2D eigenvalue weighted by Gasteiger charge is -2.07. The summed E-state index contributed by atoms with van der Waals surface area (Å²) >= 11 is 0. The standard InChI is InChI=1S/C6H14N2O/c1-6(4-9-3)8-5-7-2/h5-6H,4H2,1-3H3,(H,7,8). The Kier molecular flexibility index (Phi) is 5.21. The van der Waals surface area contributed by atoms with Crippen LogP contribution in [0.1, 0.15) is 6.92 Å². The molecule has 0 aromatic heterocycles. The number of methoxy groups -OCH3 is 1. The van der Waals surface area contributed by atoms with Crippen LogP contribution in [-0.4, -0.2) is 33.1 Å². The highest BCUT2D eigenvalue weighted by molar-refractivity contribution is 5.54. The van der Waals surface area contributed by atoms with Crippen molar-refractivity contribution in [3.63, 3.8) is 0 Å². The Morgan fingerprint density at radius 1 is 1.78 bits per heavy atom. The van der Waals surface area contributed by atoms with Gasteiger partial charge in [-0.3, -0.25) is 4.99 Å². The smallest absolute Gasteiger partial charge is 0.0823 e. The minimum absolute atomic E-state index is 0.346. The second-order valence-electron chi connectivity index (χ2n) is 1.91. The summed E-state index contributed by atoms with van der Waals surface area (Å²) in [6.45, 7) is 2.75. The Hall–Kier alpha value is -0.570. The van der Waals surface area contributed by atoms with Crippen molar-refractivity contribution in [2.75, 3.05) is 20.8 Å². The van der Waals surface area contributed by atoms with Gasteiger partial charge >= 0.3 is 0 Å². The maximum Gasteiger partial charge on any atom is 0.0823 e. The quantitative estimate of drug-likeness (QED) is 0.437. The molecule has 0 aliphatic carbocycles. The van der Waals surface area contributed by atoms with Crippen LogP contribution in [0, 0.1) is 0 Å². The summed E-state index contributed by atoms with van der Waals surface area (Å²) in [5.41, 5.74) is 0. The summed E-state index contributed by atoms with van der Waals surface area (Å²) < 4.78 is 4.88. The molecule has 0 aliphatic heterocycles. The molecule has 0 heterocycles. The van der Waals surface area contributed by atoms with Crippen LogP contribution in [0.2, 0.25) is 0 Å². The topological polar surface area (TPSA) is 33.6 Å². The fourth-order valence-electron chi connectivity index (χ4n) is 0.500. The van der Waals surface area contributed by atoms with Gasteiger partial charge in [-0.25, -0.2) is 0 Å². The zero-order valence-corrected chi connectivity index (χ0v) is 6.22. The normalized spacial score (nSPS) is 14.1. The average molecular weight is 130 g/mol. The van der Waals surface area contributed by atoms with Gasteiger partial charge in [0.2, 0.25) is 0 Å². The third kappa shape index (κ3) is 5.30. The molecule has 9 heavy (non-hydrogen) atoms. The van der Waals surface area contributed by atoms with Gasteiger partial charge in [0, 0.05) is 20.2 Å². The van der Waals surface area contributed by atoms with Crippen LogP contribution < -0.4 is 5.32 Å². The molecule has 1 N–H and O–H groups in total. The van der Waals surface area contributed by atoms with Gasteiger partial charge < -0.3 is 10.1 Å². The molecular weight excluding hydrogens is 116 g/mol. The van der Waals surface area contributed by atoms with E-state index in [4.69, 9.17) is 4.74 Å². The van der Waals surface area contributed by atoms with E-state index in [1.54, 1.807) is 20.5 Å². The highest BCUT2D eigenvalue weighted by Crippen LogP contribution is 1.77. The molecule has 0 fully saturated rings. The third-order valence-electron chi connectivity index (χ3n) is 0.905. The van der Waals surface area contributed by atoms with Gasteiger partial charge in [-0.05, 0) is 6.92 Å². The van der Waals surface area contributed by atoms with E-state index in [2.05, 4.69) is 10.3 Å². The maximum absolute atomic E-state index is 4.88. The van der Waals surface area contributed by atoms with Crippen LogP contribution in [-0.2, 0) is 4.74 Å². The molecule has 3 heteroatoms. The number of nitrogens with zero attached hydrogens (tertiary/aromatic N) is 1. The van der Waals surface area contributed by atoms with Crippen molar-refractivity contribution >= 4 is 6.34 Å².